The van der Waals surface area contributed by atoms with E-state index in [1.807, 2.05) is 0 Å². The van der Waals surface area contributed by atoms with E-state index in [-0.39, 0.29) is 30.4 Å². The number of amides is 2. The van der Waals surface area contributed by atoms with E-state index in [0.29, 0.717) is 15.7 Å². The van der Waals surface area contributed by atoms with Crippen molar-refractivity contribution in [2.45, 2.75) is 44.1 Å². The highest BCUT2D eigenvalue weighted by Gasteiger charge is 2.51. The number of anilines is 1. The average molecular weight is 424 g/mol. The summed E-state index contributed by atoms with van der Waals surface area (Å²) in [5, 5.41) is 6.86. The lowest BCUT2D eigenvalue weighted by Crippen LogP contribution is -2.61. The van der Waals surface area contributed by atoms with Crippen LogP contribution in [0.5, 0.6) is 0 Å². The van der Waals surface area contributed by atoms with Gasteiger partial charge in [0.25, 0.3) is 0 Å². The van der Waals surface area contributed by atoms with Crippen LogP contribution in [0.15, 0.2) is 18.2 Å². The van der Waals surface area contributed by atoms with Crippen molar-refractivity contribution in [1.29, 1.82) is 0 Å². The number of nitrogens with zero attached hydrogens (tertiary/aromatic N) is 1. The van der Waals surface area contributed by atoms with Gasteiger partial charge >= 0.3 is 0 Å². The first-order valence-electron chi connectivity index (χ1n) is 10.1. The van der Waals surface area contributed by atoms with Crippen molar-refractivity contribution >= 4 is 40.7 Å². The molecule has 0 aromatic heterocycles. The highest BCUT2D eigenvalue weighted by Crippen LogP contribution is 2.55. The van der Waals surface area contributed by atoms with Gasteiger partial charge in [-0.25, -0.2) is 0 Å². The van der Waals surface area contributed by atoms with Crippen molar-refractivity contribution in [3.8, 4) is 0 Å². The minimum absolute atomic E-state index is 0.0000213. The number of likely N-dealkylation sites (N-methyl/N-ethyl adjacent to an activating group) is 1. The maximum atomic E-state index is 12.7. The molecule has 1 aromatic rings. The van der Waals surface area contributed by atoms with Gasteiger partial charge in [-0.3, -0.25) is 14.5 Å². The van der Waals surface area contributed by atoms with Crippen LogP contribution in [0.25, 0.3) is 0 Å². The normalized spacial score (nSPS) is 30.5. The van der Waals surface area contributed by atoms with Crippen LogP contribution < -0.4 is 10.6 Å². The Morgan fingerprint density at radius 2 is 1.50 bits per heavy atom. The van der Waals surface area contributed by atoms with E-state index in [9.17, 15) is 9.59 Å². The van der Waals surface area contributed by atoms with Crippen molar-refractivity contribution in [3.63, 3.8) is 0 Å². The molecule has 0 heterocycles. The number of carbonyl (C=O) groups is 2. The standard InChI is InChI=1S/C21H27Cl2N3O2/c1-26(11-18(27)24-20-16(22)3-2-4-17(20)23)12-19(28)25-21-8-13-5-14(9-21)7-15(6-13)10-21/h2-4,13-15H,5-12H2,1H3,(H,24,27)(H,25,28). The summed E-state index contributed by atoms with van der Waals surface area (Å²) in [6, 6.07) is 5.07. The smallest absolute Gasteiger partial charge is 0.238 e. The molecular formula is C21H27Cl2N3O2. The van der Waals surface area contributed by atoms with E-state index in [2.05, 4.69) is 10.6 Å². The number of hydrogen-bond acceptors (Lipinski definition) is 3. The van der Waals surface area contributed by atoms with Crippen LogP contribution in [-0.4, -0.2) is 42.4 Å². The summed E-state index contributed by atoms with van der Waals surface area (Å²) in [6.45, 7) is 0.293. The quantitative estimate of drug-likeness (QED) is 0.727. The van der Waals surface area contributed by atoms with E-state index >= 15 is 0 Å². The maximum absolute atomic E-state index is 12.7. The molecule has 0 saturated heterocycles. The maximum Gasteiger partial charge on any atom is 0.238 e. The molecule has 4 aliphatic rings. The number of halogens is 2. The minimum atomic E-state index is -0.250. The molecule has 2 amide bonds. The van der Waals surface area contributed by atoms with Crippen LogP contribution in [0.2, 0.25) is 10.0 Å². The number of para-hydroxylation sites is 1. The number of rotatable bonds is 6. The molecule has 2 N–H and O–H groups in total. The van der Waals surface area contributed by atoms with Crippen LogP contribution in [0.4, 0.5) is 5.69 Å². The predicted octanol–water partition coefficient (Wildman–Crippen LogP) is 3.95. The van der Waals surface area contributed by atoms with Gasteiger partial charge in [-0.05, 0) is 75.5 Å². The van der Waals surface area contributed by atoms with E-state index in [1.54, 1.807) is 30.1 Å². The van der Waals surface area contributed by atoms with Crippen LogP contribution >= 0.6 is 23.2 Å². The van der Waals surface area contributed by atoms with E-state index in [1.165, 1.54) is 19.3 Å². The molecule has 4 fully saturated rings. The molecule has 0 spiro atoms. The zero-order valence-corrected chi connectivity index (χ0v) is 17.7. The number of hydrogen-bond donors (Lipinski definition) is 2. The molecule has 0 atom stereocenters. The Kier molecular flexibility index (Phi) is 5.60. The molecule has 1 aromatic carbocycles. The molecule has 0 unspecified atom stereocenters. The average Bonchev–Trinajstić information content (AvgIpc) is 2.56. The van der Waals surface area contributed by atoms with Crippen LogP contribution in [-0.2, 0) is 9.59 Å². The van der Waals surface area contributed by atoms with E-state index in [4.69, 9.17) is 23.2 Å². The molecule has 5 rings (SSSR count). The minimum Gasteiger partial charge on any atom is -0.350 e. The fourth-order valence-electron chi connectivity index (χ4n) is 5.94. The molecule has 0 radical (unpaired) electrons. The molecule has 28 heavy (non-hydrogen) atoms. The van der Waals surface area contributed by atoms with Gasteiger partial charge in [0.2, 0.25) is 11.8 Å². The van der Waals surface area contributed by atoms with Gasteiger partial charge in [0.1, 0.15) is 0 Å². The van der Waals surface area contributed by atoms with Gasteiger partial charge in [0.05, 0.1) is 28.8 Å². The van der Waals surface area contributed by atoms with Gasteiger partial charge in [0.15, 0.2) is 0 Å². The molecule has 4 aliphatic carbocycles. The largest absolute Gasteiger partial charge is 0.350 e. The number of nitrogens with one attached hydrogen (secondary N) is 2. The number of benzene rings is 1. The summed E-state index contributed by atoms with van der Waals surface area (Å²) in [5.74, 6) is 2.12. The van der Waals surface area contributed by atoms with E-state index in [0.717, 1.165) is 37.0 Å². The van der Waals surface area contributed by atoms with Crippen LogP contribution in [0.1, 0.15) is 38.5 Å². The summed E-state index contributed by atoms with van der Waals surface area (Å²) in [4.78, 5) is 26.7. The van der Waals surface area contributed by atoms with Gasteiger partial charge < -0.3 is 10.6 Å². The van der Waals surface area contributed by atoms with Crippen molar-refractivity contribution in [3.05, 3.63) is 28.2 Å². The second kappa shape index (κ2) is 7.85. The molecule has 4 saturated carbocycles. The SMILES string of the molecule is CN(CC(=O)Nc1c(Cl)cccc1Cl)CC(=O)NC12CC3CC(CC(C3)C1)C2. The summed E-state index contributed by atoms with van der Waals surface area (Å²) in [7, 11) is 1.77. The van der Waals surface area contributed by atoms with Crippen molar-refractivity contribution in [2.24, 2.45) is 17.8 Å². The van der Waals surface area contributed by atoms with Crippen molar-refractivity contribution in [2.75, 3.05) is 25.5 Å². The molecular weight excluding hydrogens is 397 g/mol. The Balaban J connectivity index is 1.28. The fourth-order valence-corrected chi connectivity index (χ4v) is 6.43. The van der Waals surface area contributed by atoms with Gasteiger partial charge in [-0.2, -0.15) is 0 Å². The fraction of sp³-hybridized carbons (Fsp3) is 0.619. The first-order chi connectivity index (χ1) is 13.3. The lowest BCUT2D eigenvalue weighted by molar-refractivity contribution is -0.128. The van der Waals surface area contributed by atoms with Crippen molar-refractivity contribution in [1.82, 2.24) is 10.2 Å². The molecule has 152 valence electrons. The Hall–Kier alpha value is -1.30. The van der Waals surface area contributed by atoms with Crippen LogP contribution in [0.3, 0.4) is 0 Å². The Morgan fingerprint density at radius 1 is 1.00 bits per heavy atom. The Bertz CT molecular complexity index is 727. The topological polar surface area (TPSA) is 61.4 Å². The van der Waals surface area contributed by atoms with Gasteiger partial charge in [-0.1, -0.05) is 29.3 Å². The summed E-state index contributed by atoms with van der Waals surface area (Å²) >= 11 is 12.2. The zero-order chi connectivity index (χ0) is 19.9. The molecule has 0 aliphatic heterocycles. The third kappa shape index (κ3) is 4.32. The second-order valence-corrected chi connectivity index (χ2v) is 9.88. The first-order valence-corrected chi connectivity index (χ1v) is 10.8. The zero-order valence-electron chi connectivity index (χ0n) is 16.1. The summed E-state index contributed by atoms with van der Waals surface area (Å²) < 4.78 is 0. The second-order valence-electron chi connectivity index (χ2n) is 9.06. The van der Waals surface area contributed by atoms with Crippen LogP contribution in [0, 0.1) is 17.8 Å². The van der Waals surface area contributed by atoms with Gasteiger partial charge in [0, 0.05) is 5.54 Å². The predicted molar refractivity (Wildman–Crippen MR) is 112 cm³/mol. The van der Waals surface area contributed by atoms with E-state index < -0.39 is 0 Å². The Morgan fingerprint density at radius 3 is 2.04 bits per heavy atom. The third-order valence-electron chi connectivity index (χ3n) is 6.50. The third-order valence-corrected chi connectivity index (χ3v) is 7.13. The highest BCUT2D eigenvalue weighted by atomic mass is 35.5. The molecule has 4 bridgehead atoms. The summed E-state index contributed by atoms with van der Waals surface area (Å²) in [6.07, 6.45) is 7.42. The Labute approximate surface area is 176 Å². The molecule has 5 nitrogen and oxygen atoms in total. The summed E-state index contributed by atoms with van der Waals surface area (Å²) in [5.41, 5.74) is 0.405. The lowest BCUT2D eigenvalue weighted by atomic mass is 9.53. The first kappa shape index (κ1) is 20.0. The lowest BCUT2D eigenvalue weighted by Gasteiger charge is -2.57. The number of carbonyl (C=O) groups excluding carboxylic acids is 2. The van der Waals surface area contributed by atoms with Gasteiger partial charge in [-0.15, -0.1) is 0 Å². The molecule has 7 heteroatoms. The monoisotopic (exact) mass is 423 g/mol. The van der Waals surface area contributed by atoms with Crippen molar-refractivity contribution < 1.29 is 9.59 Å². The highest BCUT2D eigenvalue weighted by molar-refractivity contribution is 6.39.